The number of carbonyl (C=O) groups is 1. The normalized spacial score (nSPS) is 10.4. The number of aromatic nitrogens is 3. The molecule has 0 bridgehead atoms. The van der Waals surface area contributed by atoms with Crippen molar-refractivity contribution in [3.8, 4) is 10.6 Å². The zero-order valence-electron chi connectivity index (χ0n) is 9.22. The van der Waals surface area contributed by atoms with E-state index in [1.807, 2.05) is 20.2 Å². The van der Waals surface area contributed by atoms with Gasteiger partial charge >= 0.3 is 5.97 Å². The van der Waals surface area contributed by atoms with Crippen LogP contribution in [-0.2, 0) is 11.8 Å². The van der Waals surface area contributed by atoms with Crippen molar-refractivity contribution in [3.63, 3.8) is 0 Å². The van der Waals surface area contributed by atoms with Gasteiger partial charge in [-0.15, -0.1) is 11.3 Å². The molecular weight excluding hydrogens is 226 g/mol. The van der Waals surface area contributed by atoms with Crippen LogP contribution in [0.1, 0.15) is 15.4 Å². The van der Waals surface area contributed by atoms with Gasteiger partial charge in [-0.25, -0.2) is 9.78 Å². The van der Waals surface area contributed by atoms with E-state index in [0.29, 0.717) is 5.69 Å². The molecule has 0 amide bonds. The van der Waals surface area contributed by atoms with Gasteiger partial charge in [-0.1, -0.05) is 0 Å². The lowest BCUT2D eigenvalue weighted by Gasteiger charge is -1.93. The summed E-state index contributed by atoms with van der Waals surface area (Å²) in [4.78, 5) is 16.5. The van der Waals surface area contributed by atoms with Gasteiger partial charge < -0.3 is 4.74 Å². The number of thiazole rings is 1. The Bertz CT molecular complexity index is 530. The van der Waals surface area contributed by atoms with E-state index >= 15 is 0 Å². The van der Waals surface area contributed by atoms with Crippen LogP contribution in [0.25, 0.3) is 10.6 Å². The van der Waals surface area contributed by atoms with Gasteiger partial charge in [0.2, 0.25) is 0 Å². The first kappa shape index (κ1) is 10.8. The first-order chi connectivity index (χ1) is 7.61. The lowest BCUT2D eigenvalue weighted by Crippen LogP contribution is -2.03. The molecule has 0 saturated heterocycles. The number of ether oxygens (including phenoxy) is 1. The summed E-state index contributed by atoms with van der Waals surface area (Å²) in [6.07, 6.45) is 3.58. The van der Waals surface area contributed by atoms with Gasteiger partial charge in [0.05, 0.1) is 13.3 Å². The molecule has 5 nitrogen and oxygen atoms in total. The predicted molar refractivity (Wildman–Crippen MR) is 60.4 cm³/mol. The van der Waals surface area contributed by atoms with Crippen molar-refractivity contribution in [2.24, 2.45) is 7.05 Å². The highest BCUT2D eigenvalue weighted by Crippen LogP contribution is 2.27. The summed E-state index contributed by atoms with van der Waals surface area (Å²) in [7, 11) is 3.19. The third-order valence-electron chi connectivity index (χ3n) is 2.13. The smallest absolute Gasteiger partial charge is 0.357 e. The van der Waals surface area contributed by atoms with E-state index in [4.69, 9.17) is 0 Å². The van der Waals surface area contributed by atoms with Gasteiger partial charge in [0, 0.05) is 23.7 Å². The molecule has 2 rings (SSSR count). The van der Waals surface area contributed by atoms with Gasteiger partial charge in [0.25, 0.3) is 0 Å². The van der Waals surface area contributed by atoms with E-state index in [0.717, 1.165) is 15.4 Å². The van der Waals surface area contributed by atoms with E-state index in [-0.39, 0.29) is 0 Å². The second kappa shape index (κ2) is 4.05. The van der Waals surface area contributed by atoms with Crippen LogP contribution in [0.5, 0.6) is 0 Å². The first-order valence-electron chi connectivity index (χ1n) is 4.66. The molecule has 84 valence electrons. The third-order valence-corrected chi connectivity index (χ3v) is 3.15. The average Bonchev–Trinajstić information content (AvgIpc) is 2.83. The summed E-state index contributed by atoms with van der Waals surface area (Å²) in [5, 5.41) is 4.85. The molecular formula is C10H11N3O2S. The van der Waals surface area contributed by atoms with Crippen molar-refractivity contribution in [3.05, 3.63) is 23.0 Å². The summed E-state index contributed by atoms with van der Waals surface area (Å²) in [5.74, 6) is -0.399. The molecule has 0 N–H and O–H groups in total. The maximum atomic E-state index is 11.4. The van der Waals surface area contributed by atoms with Gasteiger partial charge in [-0.2, -0.15) is 5.10 Å². The van der Waals surface area contributed by atoms with Gasteiger partial charge in [0.15, 0.2) is 5.69 Å². The van der Waals surface area contributed by atoms with Crippen LogP contribution in [0.15, 0.2) is 12.4 Å². The minimum atomic E-state index is -0.399. The fraction of sp³-hybridized carbons (Fsp3) is 0.300. The van der Waals surface area contributed by atoms with Crippen LogP contribution in [0.3, 0.4) is 0 Å². The topological polar surface area (TPSA) is 57.0 Å². The van der Waals surface area contributed by atoms with Gasteiger partial charge in [-0.3, -0.25) is 4.68 Å². The Balaban J connectivity index is 2.41. The summed E-state index contributed by atoms with van der Waals surface area (Å²) >= 11 is 1.46. The SMILES string of the molecule is COC(=O)c1nc(-c2cnn(C)c2)sc1C. The highest BCUT2D eigenvalue weighted by atomic mass is 32.1. The summed E-state index contributed by atoms with van der Waals surface area (Å²) in [5.41, 5.74) is 1.29. The summed E-state index contributed by atoms with van der Waals surface area (Å²) < 4.78 is 6.35. The van der Waals surface area contributed by atoms with Gasteiger partial charge in [-0.05, 0) is 6.92 Å². The first-order valence-corrected chi connectivity index (χ1v) is 5.48. The number of hydrogen-bond acceptors (Lipinski definition) is 5. The molecule has 0 aliphatic carbocycles. The average molecular weight is 237 g/mol. The highest BCUT2D eigenvalue weighted by Gasteiger charge is 2.17. The zero-order valence-corrected chi connectivity index (χ0v) is 10.0. The number of esters is 1. The van der Waals surface area contributed by atoms with Crippen molar-refractivity contribution in [1.82, 2.24) is 14.8 Å². The molecule has 0 atom stereocenters. The van der Waals surface area contributed by atoms with E-state index < -0.39 is 5.97 Å². The minimum Gasteiger partial charge on any atom is -0.464 e. The van der Waals surface area contributed by atoms with E-state index in [9.17, 15) is 4.79 Å². The molecule has 6 heteroatoms. The Morgan fingerprint density at radius 2 is 2.31 bits per heavy atom. The molecule has 0 aliphatic rings. The van der Waals surface area contributed by atoms with Crippen molar-refractivity contribution in [2.45, 2.75) is 6.92 Å². The fourth-order valence-electron chi connectivity index (χ4n) is 1.34. The summed E-state index contributed by atoms with van der Waals surface area (Å²) in [6, 6.07) is 0. The molecule has 0 saturated carbocycles. The van der Waals surface area contributed by atoms with Crippen LogP contribution in [0, 0.1) is 6.92 Å². The van der Waals surface area contributed by atoms with Crippen LogP contribution in [0.2, 0.25) is 0 Å². The lowest BCUT2D eigenvalue weighted by molar-refractivity contribution is 0.0594. The molecule has 0 spiro atoms. The molecule has 0 unspecified atom stereocenters. The molecule has 16 heavy (non-hydrogen) atoms. The Morgan fingerprint density at radius 1 is 1.56 bits per heavy atom. The number of hydrogen-bond donors (Lipinski definition) is 0. The fourth-order valence-corrected chi connectivity index (χ4v) is 2.21. The molecule has 0 radical (unpaired) electrons. The van der Waals surface area contributed by atoms with Crippen LogP contribution in [-0.4, -0.2) is 27.8 Å². The monoisotopic (exact) mass is 237 g/mol. The van der Waals surface area contributed by atoms with E-state index in [2.05, 4.69) is 14.8 Å². The molecule has 2 heterocycles. The highest BCUT2D eigenvalue weighted by molar-refractivity contribution is 7.15. The van der Waals surface area contributed by atoms with Crippen LogP contribution < -0.4 is 0 Å². The summed E-state index contributed by atoms with van der Waals surface area (Å²) in [6.45, 7) is 1.85. The second-order valence-corrected chi connectivity index (χ2v) is 4.52. The maximum Gasteiger partial charge on any atom is 0.357 e. The Labute approximate surface area is 96.7 Å². The van der Waals surface area contributed by atoms with Crippen molar-refractivity contribution < 1.29 is 9.53 Å². The minimum absolute atomic E-state index is 0.381. The zero-order chi connectivity index (χ0) is 11.7. The molecule has 0 aromatic carbocycles. The quantitative estimate of drug-likeness (QED) is 0.745. The van der Waals surface area contributed by atoms with Crippen molar-refractivity contribution in [1.29, 1.82) is 0 Å². The Hall–Kier alpha value is -1.69. The van der Waals surface area contributed by atoms with E-state index in [1.165, 1.54) is 18.4 Å². The number of methoxy groups -OCH3 is 1. The number of aryl methyl sites for hydroxylation is 2. The van der Waals surface area contributed by atoms with E-state index in [1.54, 1.807) is 10.9 Å². The standard InChI is InChI=1S/C10H11N3O2S/c1-6-8(10(14)15-3)12-9(16-6)7-4-11-13(2)5-7/h4-5H,1-3H3. The Kier molecular flexibility index (Phi) is 2.74. The molecule has 0 fully saturated rings. The number of carbonyl (C=O) groups excluding carboxylic acids is 1. The Morgan fingerprint density at radius 3 is 2.88 bits per heavy atom. The number of nitrogens with zero attached hydrogens (tertiary/aromatic N) is 3. The maximum absolute atomic E-state index is 11.4. The number of rotatable bonds is 2. The lowest BCUT2D eigenvalue weighted by atomic mass is 10.3. The predicted octanol–water partition coefficient (Wildman–Crippen LogP) is 1.64. The molecule has 2 aromatic heterocycles. The largest absolute Gasteiger partial charge is 0.464 e. The van der Waals surface area contributed by atoms with Crippen LogP contribution >= 0.6 is 11.3 Å². The van der Waals surface area contributed by atoms with Crippen molar-refractivity contribution in [2.75, 3.05) is 7.11 Å². The molecule has 2 aromatic rings. The van der Waals surface area contributed by atoms with Gasteiger partial charge in [0.1, 0.15) is 5.01 Å². The van der Waals surface area contributed by atoms with Crippen molar-refractivity contribution >= 4 is 17.3 Å². The second-order valence-electron chi connectivity index (χ2n) is 3.32. The van der Waals surface area contributed by atoms with Crippen LogP contribution in [0.4, 0.5) is 0 Å². The molecule has 0 aliphatic heterocycles. The third kappa shape index (κ3) is 1.83.